The lowest BCUT2D eigenvalue weighted by atomic mass is 9.96. The van der Waals surface area contributed by atoms with Crippen molar-refractivity contribution < 1.29 is 0 Å². The molecule has 1 heterocycles. The zero-order valence-electron chi connectivity index (χ0n) is 37.7. The van der Waals surface area contributed by atoms with Gasteiger partial charge in [-0.3, -0.25) is 0 Å². The van der Waals surface area contributed by atoms with Crippen LogP contribution in [0.15, 0.2) is 188 Å². The van der Waals surface area contributed by atoms with Crippen molar-refractivity contribution in [1.29, 1.82) is 0 Å². The number of nitrogens with zero attached hydrogens (tertiary/aromatic N) is 3. The van der Waals surface area contributed by atoms with Gasteiger partial charge in [-0.15, -0.1) is 0 Å². The lowest BCUT2D eigenvalue weighted by molar-refractivity contribution is 1.18. The first-order valence-electron chi connectivity index (χ1n) is 22.3. The molecule has 10 rings (SSSR count). The summed E-state index contributed by atoms with van der Waals surface area (Å²) in [7, 11) is -3.03. The average molecular weight is 850 g/mol. The maximum atomic E-state index is 2.51. The standard InChI is InChI=1S/C58H55N3Si2/c1-40-22-26-43(27-23-40)59(45-30-34-47(35-31-45)62(3,4)5)53-38-55-57(51-20-14-12-18-49(51)53)58-52-21-15-13-19-50(52)54(39-56(58)61(55)42-16-10-9-11-17-42)60(44-28-24-41(2)25-29-44)46-32-36-48(37-33-46)63(6,7)8/h9-39H,1-8H3. The molecule has 10 aromatic rings. The summed E-state index contributed by atoms with van der Waals surface area (Å²) < 4.78 is 2.51. The predicted molar refractivity (Wildman–Crippen MR) is 281 cm³/mol. The van der Waals surface area contributed by atoms with E-state index in [1.54, 1.807) is 0 Å². The summed E-state index contributed by atoms with van der Waals surface area (Å²) in [5.41, 5.74) is 12.8. The molecular weight excluding hydrogens is 795 g/mol. The molecule has 0 spiro atoms. The third kappa shape index (κ3) is 7.25. The molecule has 0 amide bonds. The third-order valence-electron chi connectivity index (χ3n) is 12.8. The van der Waals surface area contributed by atoms with E-state index < -0.39 is 16.1 Å². The van der Waals surface area contributed by atoms with E-state index in [1.807, 2.05) is 0 Å². The highest BCUT2D eigenvalue weighted by atomic mass is 28.3. The van der Waals surface area contributed by atoms with E-state index in [-0.39, 0.29) is 0 Å². The quantitative estimate of drug-likeness (QED) is 0.134. The second kappa shape index (κ2) is 15.6. The zero-order valence-corrected chi connectivity index (χ0v) is 39.7. The highest BCUT2D eigenvalue weighted by Gasteiger charge is 2.27. The van der Waals surface area contributed by atoms with Crippen LogP contribution in [0.3, 0.4) is 0 Å². The summed E-state index contributed by atoms with van der Waals surface area (Å²) in [4.78, 5) is 4.93. The van der Waals surface area contributed by atoms with Gasteiger partial charge in [0.15, 0.2) is 0 Å². The number of anilines is 6. The van der Waals surface area contributed by atoms with E-state index in [0.29, 0.717) is 0 Å². The van der Waals surface area contributed by atoms with Crippen LogP contribution < -0.4 is 20.2 Å². The Labute approximate surface area is 374 Å². The molecule has 0 atom stereocenters. The number of aromatic nitrogens is 1. The van der Waals surface area contributed by atoms with Gasteiger partial charge in [0.2, 0.25) is 0 Å². The topological polar surface area (TPSA) is 11.4 Å². The second-order valence-corrected chi connectivity index (χ2v) is 29.4. The van der Waals surface area contributed by atoms with E-state index in [4.69, 9.17) is 0 Å². The van der Waals surface area contributed by atoms with E-state index in [2.05, 4.69) is 256 Å². The Morgan fingerprint density at radius 3 is 1.02 bits per heavy atom. The summed E-state index contributed by atoms with van der Waals surface area (Å²) in [5.74, 6) is 0. The van der Waals surface area contributed by atoms with Gasteiger partial charge in [0.1, 0.15) is 0 Å². The number of fused-ring (bicyclic) bond motifs is 7. The molecule has 0 aliphatic heterocycles. The molecule has 0 saturated carbocycles. The fourth-order valence-corrected chi connectivity index (χ4v) is 11.7. The summed E-state index contributed by atoms with van der Waals surface area (Å²) in [6.07, 6.45) is 0. The van der Waals surface area contributed by atoms with Gasteiger partial charge in [0.05, 0.1) is 38.6 Å². The monoisotopic (exact) mass is 849 g/mol. The largest absolute Gasteiger partial charge is 0.310 e. The van der Waals surface area contributed by atoms with Gasteiger partial charge in [0.25, 0.3) is 0 Å². The lowest BCUT2D eigenvalue weighted by Gasteiger charge is -2.28. The van der Waals surface area contributed by atoms with Crippen molar-refractivity contribution in [3.8, 4) is 5.69 Å². The van der Waals surface area contributed by atoms with Gasteiger partial charge >= 0.3 is 0 Å². The molecule has 0 fully saturated rings. The maximum Gasteiger partial charge on any atom is 0.0775 e. The maximum absolute atomic E-state index is 2.51. The van der Waals surface area contributed by atoms with Crippen LogP contribution in [0, 0.1) is 13.8 Å². The van der Waals surface area contributed by atoms with Crippen molar-refractivity contribution in [3.63, 3.8) is 0 Å². The normalized spacial score (nSPS) is 12.1. The van der Waals surface area contributed by atoms with Crippen LogP contribution in [-0.4, -0.2) is 20.7 Å². The molecule has 0 N–H and O–H groups in total. The number of hydrogen-bond donors (Lipinski definition) is 0. The first-order chi connectivity index (χ1) is 30.3. The van der Waals surface area contributed by atoms with E-state index in [1.165, 1.54) is 64.9 Å². The van der Waals surface area contributed by atoms with Crippen LogP contribution >= 0.6 is 0 Å². The van der Waals surface area contributed by atoms with Crippen molar-refractivity contribution in [2.75, 3.05) is 9.80 Å². The fraction of sp³-hybridized carbons (Fsp3) is 0.138. The van der Waals surface area contributed by atoms with Gasteiger partial charge in [-0.05, 0) is 97.4 Å². The number of aryl methyl sites for hydroxylation is 2. The summed E-state index contributed by atoms with van der Waals surface area (Å²) in [6.45, 7) is 18.8. The number of rotatable bonds is 9. The minimum atomic E-state index is -1.52. The molecule has 63 heavy (non-hydrogen) atoms. The average Bonchev–Trinajstić information content (AvgIpc) is 3.62. The van der Waals surface area contributed by atoms with Crippen LogP contribution in [0.4, 0.5) is 34.1 Å². The van der Waals surface area contributed by atoms with Gasteiger partial charge in [-0.2, -0.15) is 0 Å². The van der Waals surface area contributed by atoms with E-state index >= 15 is 0 Å². The Balaban J connectivity index is 1.33. The Kier molecular flexibility index (Phi) is 10.0. The number of hydrogen-bond acceptors (Lipinski definition) is 2. The molecule has 9 aromatic carbocycles. The van der Waals surface area contributed by atoms with Crippen molar-refractivity contribution >= 4 is 104 Å². The highest BCUT2D eigenvalue weighted by molar-refractivity contribution is 6.89. The highest BCUT2D eigenvalue weighted by Crippen LogP contribution is 2.49. The summed E-state index contributed by atoms with van der Waals surface area (Å²) in [6, 6.07) is 70.7. The molecule has 0 aliphatic rings. The van der Waals surface area contributed by atoms with Crippen molar-refractivity contribution in [2.45, 2.75) is 53.1 Å². The molecule has 310 valence electrons. The van der Waals surface area contributed by atoms with Crippen LogP contribution in [0.25, 0.3) is 49.0 Å². The first kappa shape index (κ1) is 40.4. The van der Waals surface area contributed by atoms with Gasteiger partial charge in [0, 0.05) is 50.0 Å². The number of benzene rings is 9. The molecule has 1 aromatic heterocycles. The Bertz CT molecular complexity index is 3080. The van der Waals surface area contributed by atoms with Crippen LogP contribution in [-0.2, 0) is 0 Å². The van der Waals surface area contributed by atoms with Crippen molar-refractivity contribution in [1.82, 2.24) is 4.57 Å². The molecular formula is C58H55N3Si2. The Morgan fingerprint density at radius 1 is 0.349 bits per heavy atom. The zero-order chi connectivity index (χ0) is 43.6. The van der Waals surface area contributed by atoms with Crippen molar-refractivity contribution in [3.05, 3.63) is 199 Å². The molecule has 5 heteroatoms. The fourth-order valence-electron chi connectivity index (χ4n) is 9.38. The first-order valence-corrected chi connectivity index (χ1v) is 29.3. The van der Waals surface area contributed by atoms with Gasteiger partial charge in [-0.1, -0.05) is 176 Å². The summed E-state index contributed by atoms with van der Waals surface area (Å²) >= 11 is 0. The molecule has 0 bridgehead atoms. The van der Waals surface area contributed by atoms with Crippen LogP contribution in [0.5, 0.6) is 0 Å². The summed E-state index contributed by atoms with van der Waals surface area (Å²) in [5, 5.41) is 10.3. The predicted octanol–water partition coefficient (Wildman–Crippen LogP) is 15.7. The molecule has 0 saturated heterocycles. The van der Waals surface area contributed by atoms with Crippen molar-refractivity contribution in [2.24, 2.45) is 0 Å². The van der Waals surface area contributed by atoms with Gasteiger partial charge < -0.3 is 14.4 Å². The van der Waals surface area contributed by atoms with E-state index in [9.17, 15) is 0 Å². The lowest BCUT2D eigenvalue weighted by Crippen LogP contribution is -2.37. The molecule has 0 radical (unpaired) electrons. The SMILES string of the molecule is Cc1ccc(N(c2ccc([Si](C)(C)C)cc2)c2cc3c(c4ccccc24)c2c4ccccc4c(N(c4ccc(C)cc4)c4ccc([Si](C)(C)C)cc4)cc2n3-c2ccccc2)cc1. The van der Waals surface area contributed by atoms with Crippen LogP contribution in [0.1, 0.15) is 11.1 Å². The Hall–Kier alpha value is -6.67. The second-order valence-electron chi connectivity index (χ2n) is 19.3. The Morgan fingerprint density at radius 2 is 0.667 bits per heavy atom. The molecule has 3 nitrogen and oxygen atoms in total. The van der Waals surface area contributed by atoms with Crippen LogP contribution in [0.2, 0.25) is 39.3 Å². The minimum absolute atomic E-state index is 1.13. The minimum Gasteiger partial charge on any atom is -0.310 e. The number of para-hydroxylation sites is 1. The molecule has 0 aliphatic carbocycles. The third-order valence-corrected chi connectivity index (χ3v) is 16.9. The van der Waals surface area contributed by atoms with E-state index in [0.717, 1.165) is 39.8 Å². The van der Waals surface area contributed by atoms with Gasteiger partial charge in [-0.25, -0.2) is 0 Å². The molecule has 0 unspecified atom stereocenters. The smallest absolute Gasteiger partial charge is 0.0775 e.